The highest BCUT2D eigenvalue weighted by molar-refractivity contribution is 5.97. The molecule has 0 spiro atoms. The number of aromatic amines is 2. The maximum atomic E-state index is 12.4. The number of fused-ring (bicyclic) bond motifs is 1. The van der Waals surface area contributed by atoms with E-state index in [2.05, 4.69) is 16.9 Å². The number of H-pyrrole nitrogens is 2. The lowest BCUT2D eigenvalue weighted by atomic mass is 9.98. The Morgan fingerprint density at radius 1 is 1.21 bits per heavy atom. The molecule has 0 atom stereocenters. The van der Waals surface area contributed by atoms with Crippen molar-refractivity contribution < 1.29 is 4.79 Å². The number of hydrogen-bond donors (Lipinski definition) is 2. The van der Waals surface area contributed by atoms with Gasteiger partial charge in [-0.1, -0.05) is 6.92 Å². The van der Waals surface area contributed by atoms with Gasteiger partial charge in [-0.05, 0) is 37.0 Å². The first kappa shape index (κ1) is 12.0. The number of carbonyl (C=O) groups is 1. The smallest absolute Gasteiger partial charge is 0.323 e. The van der Waals surface area contributed by atoms with Gasteiger partial charge in [0.2, 0.25) is 0 Å². The zero-order chi connectivity index (χ0) is 13.4. The van der Waals surface area contributed by atoms with Crippen molar-refractivity contribution in [2.75, 3.05) is 13.1 Å². The largest absolute Gasteiger partial charge is 0.339 e. The van der Waals surface area contributed by atoms with Crippen LogP contribution in [0.4, 0.5) is 0 Å². The third-order valence-corrected chi connectivity index (χ3v) is 3.83. The van der Waals surface area contributed by atoms with Crippen molar-refractivity contribution in [3.8, 4) is 0 Å². The molecule has 2 N–H and O–H groups in total. The maximum absolute atomic E-state index is 12.4. The zero-order valence-corrected chi connectivity index (χ0v) is 10.9. The third kappa shape index (κ3) is 2.28. The zero-order valence-electron chi connectivity index (χ0n) is 10.9. The van der Waals surface area contributed by atoms with Crippen molar-refractivity contribution in [2.24, 2.45) is 5.92 Å². The lowest BCUT2D eigenvalue weighted by molar-refractivity contribution is 0.0697. The van der Waals surface area contributed by atoms with Gasteiger partial charge < -0.3 is 14.9 Å². The van der Waals surface area contributed by atoms with Crippen LogP contribution in [0.25, 0.3) is 11.0 Å². The molecule has 2 aromatic rings. The van der Waals surface area contributed by atoms with Crippen LogP contribution in [0.1, 0.15) is 30.1 Å². The van der Waals surface area contributed by atoms with Crippen LogP contribution in [0.5, 0.6) is 0 Å². The van der Waals surface area contributed by atoms with Crippen molar-refractivity contribution in [3.63, 3.8) is 0 Å². The minimum atomic E-state index is -0.244. The molecule has 5 heteroatoms. The molecule has 0 radical (unpaired) electrons. The minimum Gasteiger partial charge on any atom is -0.339 e. The highest BCUT2D eigenvalue weighted by atomic mass is 16.2. The maximum Gasteiger partial charge on any atom is 0.323 e. The summed E-state index contributed by atoms with van der Waals surface area (Å²) in [5, 5.41) is 0. The van der Waals surface area contributed by atoms with Gasteiger partial charge in [0, 0.05) is 18.7 Å². The van der Waals surface area contributed by atoms with Crippen LogP contribution in [0.15, 0.2) is 23.0 Å². The van der Waals surface area contributed by atoms with Gasteiger partial charge in [0.15, 0.2) is 0 Å². The quantitative estimate of drug-likeness (QED) is 0.818. The van der Waals surface area contributed by atoms with Crippen LogP contribution in [0.3, 0.4) is 0 Å². The minimum absolute atomic E-state index is 0.0517. The number of likely N-dealkylation sites (tertiary alicyclic amines) is 1. The monoisotopic (exact) mass is 259 g/mol. The van der Waals surface area contributed by atoms with Gasteiger partial charge in [0.1, 0.15) is 0 Å². The van der Waals surface area contributed by atoms with Crippen molar-refractivity contribution in [1.29, 1.82) is 0 Å². The number of aromatic nitrogens is 2. The number of hydrogen-bond acceptors (Lipinski definition) is 2. The molecule has 0 aliphatic carbocycles. The molecule has 1 aliphatic rings. The Hall–Kier alpha value is -2.04. The average Bonchev–Trinajstić information content (AvgIpc) is 2.77. The summed E-state index contributed by atoms with van der Waals surface area (Å²) in [4.78, 5) is 30.8. The molecule has 1 amide bonds. The number of nitrogens with zero attached hydrogens (tertiary/aromatic N) is 1. The summed E-state index contributed by atoms with van der Waals surface area (Å²) in [6, 6.07) is 5.28. The second kappa shape index (κ2) is 4.57. The van der Waals surface area contributed by atoms with Crippen LogP contribution in [-0.2, 0) is 0 Å². The van der Waals surface area contributed by atoms with Gasteiger partial charge >= 0.3 is 5.69 Å². The molecule has 5 nitrogen and oxygen atoms in total. The summed E-state index contributed by atoms with van der Waals surface area (Å²) < 4.78 is 0. The fourth-order valence-corrected chi connectivity index (χ4v) is 2.56. The third-order valence-electron chi connectivity index (χ3n) is 3.83. The second-order valence-corrected chi connectivity index (χ2v) is 5.31. The fourth-order valence-electron chi connectivity index (χ4n) is 2.56. The van der Waals surface area contributed by atoms with Crippen LogP contribution >= 0.6 is 0 Å². The molecule has 0 bridgehead atoms. The Bertz CT molecular complexity index is 663. The SMILES string of the molecule is CC1CCN(C(=O)c2ccc3[nH]c(=O)[nH]c3c2)CC1. The van der Waals surface area contributed by atoms with Crippen molar-refractivity contribution in [1.82, 2.24) is 14.9 Å². The van der Waals surface area contributed by atoms with Crippen LogP contribution < -0.4 is 5.69 Å². The number of imidazole rings is 1. The van der Waals surface area contributed by atoms with Gasteiger partial charge in [-0.25, -0.2) is 4.79 Å². The van der Waals surface area contributed by atoms with Gasteiger partial charge in [-0.15, -0.1) is 0 Å². The Morgan fingerprint density at radius 2 is 1.89 bits per heavy atom. The van der Waals surface area contributed by atoms with Crippen LogP contribution in [0, 0.1) is 5.92 Å². The Balaban J connectivity index is 1.86. The molecular weight excluding hydrogens is 242 g/mol. The number of amides is 1. The summed E-state index contributed by atoms with van der Waals surface area (Å²) in [6.45, 7) is 3.86. The molecule has 19 heavy (non-hydrogen) atoms. The van der Waals surface area contributed by atoms with Gasteiger partial charge in [-0.2, -0.15) is 0 Å². The van der Waals surface area contributed by atoms with Crippen molar-refractivity contribution in [3.05, 3.63) is 34.2 Å². The van der Waals surface area contributed by atoms with Crippen molar-refractivity contribution in [2.45, 2.75) is 19.8 Å². The highest BCUT2D eigenvalue weighted by Crippen LogP contribution is 2.19. The highest BCUT2D eigenvalue weighted by Gasteiger charge is 2.21. The standard InChI is InChI=1S/C14H17N3O2/c1-9-4-6-17(7-5-9)13(18)10-2-3-11-12(8-10)16-14(19)15-11/h2-3,8-9H,4-7H2,1H3,(H2,15,16,19). The molecule has 2 heterocycles. The summed E-state index contributed by atoms with van der Waals surface area (Å²) in [7, 11) is 0. The molecule has 0 saturated carbocycles. The van der Waals surface area contributed by atoms with Crippen molar-refractivity contribution >= 4 is 16.9 Å². The van der Waals surface area contributed by atoms with E-state index in [0.29, 0.717) is 17.0 Å². The van der Waals surface area contributed by atoms with E-state index in [1.807, 2.05) is 4.90 Å². The lowest BCUT2D eigenvalue weighted by Gasteiger charge is -2.30. The van der Waals surface area contributed by atoms with E-state index in [9.17, 15) is 9.59 Å². The predicted octanol–water partition coefficient (Wildman–Crippen LogP) is 1.73. The molecular formula is C14H17N3O2. The van der Waals surface area contributed by atoms with E-state index in [0.717, 1.165) is 31.4 Å². The number of piperidine rings is 1. The van der Waals surface area contributed by atoms with E-state index in [1.165, 1.54) is 0 Å². The Morgan fingerprint density at radius 3 is 2.63 bits per heavy atom. The van der Waals surface area contributed by atoms with Gasteiger partial charge in [0.25, 0.3) is 5.91 Å². The topological polar surface area (TPSA) is 69.0 Å². The summed E-state index contributed by atoms with van der Waals surface area (Å²) in [6.07, 6.45) is 2.13. The number of rotatable bonds is 1. The summed E-state index contributed by atoms with van der Waals surface area (Å²) >= 11 is 0. The normalized spacial score (nSPS) is 17.0. The molecule has 1 aromatic heterocycles. The van der Waals surface area contributed by atoms with E-state index in [4.69, 9.17) is 0 Å². The van der Waals surface area contributed by atoms with E-state index < -0.39 is 0 Å². The first-order chi connectivity index (χ1) is 9.13. The van der Waals surface area contributed by atoms with Gasteiger partial charge in [0.05, 0.1) is 11.0 Å². The lowest BCUT2D eigenvalue weighted by Crippen LogP contribution is -2.37. The summed E-state index contributed by atoms with van der Waals surface area (Å²) in [5.41, 5.74) is 1.80. The molecule has 1 aliphatic heterocycles. The fraction of sp³-hybridized carbons (Fsp3) is 0.429. The van der Waals surface area contributed by atoms with Crippen LogP contribution in [-0.4, -0.2) is 33.9 Å². The number of carbonyl (C=O) groups excluding carboxylic acids is 1. The summed E-state index contributed by atoms with van der Waals surface area (Å²) in [5.74, 6) is 0.753. The first-order valence-electron chi connectivity index (χ1n) is 6.65. The number of benzene rings is 1. The Labute approximate surface area is 110 Å². The van der Waals surface area contributed by atoms with E-state index in [-0.39, 0.29) is 11.6 Å². The molecule has 100 valence electrons. The van der Waals surface area contributed by atoms with Gasteiger partial charge in [-0.3, -0.25) is 4.79 Å². The Kier molecular flexibility index (Phi) is 2.89. The molecule has 0 unspecified atom stereocenters. The molecule has 1 aromatic carbocycles. The second-order valence-electron chi connectivity index (χ2n) is 5.31. The molecule has 1 fully saturated rings. The molecule has 3 rings (SSSR count). The van der Waals surface area contributed by atoms with Crippen LogP contribution in [0.2, 0.25) is 0 Å². The average molecular weight is 259 g/mol. The molecule has 1 saturated heterocycles. The van der Waals surface area contributed by atoms with E-state index in [1.54, 1.807) is 18.2 Å². The number of nitrogens with one attached hydrogen (secondary N) is 2. The predicted molar refractivity (Wildman–Crippen MR) is 73.2 cm³/mol. The van der Waals surface area contributed by atoms with E-state index >= 15 is 0 Å². The first-order valence-corrected chi connectivity index (χ1v) is 6.65.